The maximum atomic E-state index is 6.04. The number of rotatable bonds is 0. The predicted octanol–water partition coefficient (Wildman–Crippen LogP) is 2.93. The van der Waals surface area contributed by atoms with Crippen molar-refractivity contribution in [1.29, 1.82) is 0 Å². The molecule has 1 aliphatic rings. The quantitative estimate of drug-likeness (QED) is 0.354. The first-order valence-electron chi connectivity index (χ1n) is 4.39. The lowest BCUT2D eigenvalue weighted by molar-refractivity contribution is 0.487. The lowest BCUT2D eigenvalue weighted by Gasteiger charge is -2.21. The van der Waals surface area contributed by atoms with E-state index in [0.29, 0.717) is 0 Å². The fraction of sp³-hybridized carbons (Fsp3) is 1.00. The van der Waals surface area contributed by atoms with E-state index in [0.717, 1.165) is 5.92 Å². The highest BCUT2D eigenvalue weighted by molar-refractivity contribution is 6.14. The SMILES string of the molecule is [B]C1(C)CCCC(C)CC1. The summed E-state index contributed by atoms with van der Waals surface area (Å²) in [6.45, 7) is 4.52. The fourth-order valence-corrected chi connectivity index (χ4v) is 1.70. The molecule has 0 nitrogen and oxygen atoms in total. The third-order valence-corrected chi connectivity index (χ3v) is 2.65. The van der Waals surface area contributed by atoms with Crippen LogP contribution in [0.5, 0.6) is 0 Å². The fourth-order valence-electron chi connectivity index (χ4n) is 1.70. The molecule has 0 amide bonds. The molecule has 1 rings (SSSR count). The van der Waals surface area contributed by atoms with Gasteiger partial charge in [0.1, 0.15) is 0 Å². The average Bonchev–Trinajstić information content (AvgIpc) is 1.94. The van der Waals surface area contributed by atoms with E-state index >= 15 is 0 Å². The van der Waals surface area contributed by atoms with Crippen LogP contribution in [0, 0.1) is 5.92 Å². The first kappa shape index (κ1) is 8.16. The molecule has 1 aliphatic carbocycles. The molecule has 0 aromatic heterocycles. The third-order valence-electron chi connectivity index (χ3n) is 2.65. The van der Waals surface area contributed by atoms with Crippen molar-refractivity contribution in [3.63, 3.8) is 0 Å². The van der Waals surface area contributed by atoms with Crippen molar-refractivity contribution in [2.24, 2.45) is 5.92 Å². The second kappa shape index (κ2) is 2.98. The summed E-state index contributed by atoms with van der Waals surface area (Å²) in [4.78, 5) is 0. The zero-order chi connectivity index (χ0) is 7.61. The maximum Gasteiger partial charge on any atom is 0.0742 e. The molecule has 2 atom stereocenters. The van der Waals surface area contributed by atoms with Gasteiger partial charge in [-0.1, -0.05) is 51.3 Å². The molecule has 10 heavy (non-hydrogen) atoms. The Morgan fingerprint density at radius 2 is 2.00 bits per heavy atom. The van der Waals surface area contributed by atoms with Gasteiger partial charge in [0.25, 0.3) is 0 Å². The summed E-state index contributed by atoms with van der Waals surface area (Å²) < 4.78 is 0. The average molecular weight is 136 g/mol. The zero-order valence-corrected chi connectivity index (χ0v) is 7.19. The molecule has 0 spiro atoms. The lowest BCUT2D eigenvalue weighted by atomic mass is 9.65. The Morgan fingerprint density at radius 1 is 1.30 bits per heavy atom. The molecular formula is C9H17B. The van der Waals surface area contributed by atoms with Gasteiger partial charge in [-0.25, -0.2) is 0 Å². The van der Waals surface area contributed by atoms with Crippen LogP contribution in [-0.4, -0.2) is 7.85 Å². The molecule has 0 aliphatic heterocycles. The second-order valence-electron chi connectivity index (χ2n) is 4.19. The third kappa shape index (κ3) is 2.36. The molecule has 2 radical (unpaired) electrons. The van der Waals surface area contributed by atoms with E-state index in [-0.39, 0.29) is 5.31 Å². The summed E-state index contributed by atoms with van der Waals surface area (Å²) in [6, 6.07) is 0. The molecule has 0 saturated heterocycles. The summed E-state index contributed by atoms with van der Waals surface area (Å²) in [5.41, 5.74) is 0. The predicted molar refractivity (Wildman–Crippen MR) is 46.4 cm³/mol. The molecule has 0 aromatic carbocycles. The van der Waals surface area contributed by atoms with Crippen molar-refractivity contribution in [3.05, 3.63) is 0 Å². The van der Waals surface area contributed by atoms with E-state index in [1.807, 2.05) is 0 Å². The molecule has 56 valence electrons. The van der Waals surface area contributed by atoms with E-state index in [1.54, 1.807) is 0 Å². The van der Waals surface area contributed by atoms with Gasteiger partial charge in [-0.3, -0.25) is 0 Å². The molecule has 1 saturated carbocycles. The Bertz CT molecular complexity index is 107. The summed E-state index contributed by atoms with van der Waals surface area (Å²) in [5.74, 6) is 0.908. The van der Waals surface area contributed by atoms with Crippen LogP contribution in [0.15, 0.2) is 0 Å². The van der Waals surface area contributed by atoms with Gasteiger partial charge >= 0.3 is 0 Å². The first-order valence-corrected chi connectivity index (χ1v) is 4.39. The van der Waals surface area contributed by atoms with E-state index in [2.05, 4.69) is 13.8 Å². The first-order chi connectivity index (χ1) is 4.60. The van der Waals surface area contributed by atoms with Gasteiger partial charge in [-0.05, 0) is 5.92 Å². The number of hydrogen-bond acceptors (Lipinski definition) is 0. The van der Waals surface area contributed by atoms with Crippen LogP contribution >= 0.6 is 0 Å². The van der Waals surface area contributed by atoms with Gasteiger partial charge in [-0.2, -0.15) is 0 Å². The van der Waals surface area contributed by atoms with Crippen LogP contribution in [0.3, 0.4) is 0 Å². The van der Waals surface area contributed by atoms with Crippen molar-refractivity contribution in [2.75, 3.05) is 0 Å². The topological polar surface area (TPSA) is 0 Å². The van der Waals surface area contributed by atoms with Crippen molar-refractivity contribution in [3.8, 4) is 0 Å². The minimum atomic E-state index is 0.144. The van der Waals surface area contributed by atoms with Crippen LogP contribution < -0.4 is 0 Å². The standard InChI is InChI=1S/C9H17B/c1-8-4-3-6-9(2,10)7-5-8/h8H,3-7H2,1-2H3. The summed E-state index contributed by atoms with van der Waals surface area (Å²) in [6.07, 6.45) is 6.47. The van der Waals surface area contributed by atoms with Gasteiger partial charge in [0.15, 0.2) is 0 Å². The van der Waals surface area contributed by atoms with Crippen LogP contribution in [0.1, 0.15) is 46.0 Å². The van der Waals surface area contributed by atoms with Crippen LogP contribution in [0.2, 0.25) is 5.31 Å². The molecule has 1 heteroatoms. The Morgan fingerprint density at radius 3 is 2.70 bits per heavy atom. The molecule has 0 bridgehead atoms. The smallest absolute Gasteiger partial charge is 0.0688 e. The lowest BCUT2D eigenvalue weighted by Crippen LogP contribution is -2.05. The maximum absolute atomic E-state index is 6.04. The Hall–Kier alpha value is 0.0649. The Labute approximate surface area is 65.8 Å². The summed E-state index contributed by atoms with van der Waals surface area (Å²) >= 11 is 0. The van der Waals surface area contributed by atoms with Crippen molar-refractivity contribution >= 4 is 7.85 Å². The Balaban J connectivity index is 2.41. The molecule has 0 heterocycles. The highest BCUT2D eigenvalue weighted by atomic mass is 14.2. The van der Waals surface area contributed by atoms with Crippen LogP contribution in [0.4, 0.5) is 0 Å². The molecule has 0 N–H and O–H groups in total. The van der Waals surface area contributed by atoms with Crippen molar-refractivity contribution in [1.82, 2.24) is 0 Å². The zero-order valence-electron chi connectivity index (χ0n) is 7.19. The normalized spacial score (nSPS) is 42.8. The van der Waals surface area contributed by atoms with Gasteiger partial charge in [0.2, 0.25) is 0 Å². The van der Waals surface area contributed by atoms with Crippen molar-refractivity contribution < 1.29 is 0 Å². The molecule has 0 aromatic rings. The number of hydrogen-bond donors (Lipinski definition) is 0. The molecular weight excluding hydrogens is 119 g/mol. The second-order valence-corrected chi connectivity index (χ2v) is 4.19. The summed E-state index contributed by atoms with van der Waals surface area (Å²) in [5, 5.41) is 0.144. The van der Waals surface area contributed by atoms with Gasteiger partial charge in [0, 0.05) is 0 Å². The van der Waals surface area contributed by atoms with E-state index in [9.17, 15) is 0 Å². The van der Waals surface area contributed by atoms with Crippen molar-refractivity contribution in [2.45, 2.75) is 51.3 Å². The minimum absolute atomic E-state index is 0.144. The molecule has 1 fully saturated rings. The largest absolute Gasteiger partial charge is 0.0742 e. The van der Waals surface area contributed by atoms with E-state index in [4.69, 9.17) is 7.85 Å². The van der Waals surface area contributed by atoms with Gasteiger partial charge in [0.05, 0.1) is 7.85 Å². The Kier molecular flexibility index (Phi) is 2.43. The molecule has 2 unspecified atom stereocenters. The van der Waals surface area contributed by atoms with Gasteiger partial charge < -0.3 is 0 Å². The van der Waals surface area contributed by atoms with Crippen LogP contribution in [0.25, 0.3) is 0 Å². The summed E-state index contributed by atoms with van der Waals surface area (Å²) in [7, 11) is 6.04. The highest BCUT2D eigenvalue weighted by Crippen LogP contribution is 2.39. The van der Waals surface area contributed by atoms with E-state index in [1.165, 1.54) is 32.1 Å². The highest BCUT2D eigenvalue weighted by Gasteiger charge is 2.21. The van der Waals surface area contributed by atoms with Gasteiger partial charge in [-0.15, -0.1) is 0 Å². The minimum Gasteiger partial charge on any atom is -0.0688 e. The van der Waals surface area contributed by atoms with E-state index < -0.39 is 0 Å². The van der Waals surface area contributed by atoms with Crippen LogP contribution in [-0.2, 0) is 0 Å². The monoisotopic (exact) mass is 136 g/mol.